The van der Waals surface area contributed by atoms with Gasteiger partial charge in [-0.15, -0.1) is 0 Å². The summed E-state index contributed by atoms with van der Waals surface area (Å²) in [7, 11) is 2.87. The van der Waals surface area contributed by atoms with Crippen LogP contribution in [0.3, 0.4) is 0 Å². The third-order valence-electron chi connectivity index (χ3n) is 10.3. The van der Waals surface area contributed by atoms with Crippen molar-refractivity contribution in [3.8, 4) is 5.75 Å². The number of hydrogen-bond acceptors (Lipinski definition) is 9. The second-order valence-electron chi connectivity index (χ2n) is 13.0. The van der Waals surface area contributed by atoms with Gasteiger partial charge in [0.15, 0.2) is 34.7 Å². The average molecular weight is 622 g/mol. The standard InChI is InChI=1S/C31H38F3N3O7/c1-4-37(12-14-7-5-6-8-14)13-16-11-19(38)21-17(23(16)31(32,33)34)9-15-10-18-24(36(2)3)26(40)22(29(35)43)28(42)30(18,44)27(41)20(15)25(21)39/h11,14-15,18,20,22,24,38,44H,4-10,12-13H2,1-3H3,(H2,35,43)/t15-,18-,20?,22?,24-,30-/m0/s1. The van der Waals surface area contributed by atoms with Gasteiger partial charge in [0, 0.05) is 19.0 Å². The molecule has 3 saturated carbocycles. The Kier molecular flexibility index (Phi) is 8.30. The zero-order valence-corrected chi connectivity index (χ0v) is 24.9. The maximum absolute atomic E-state index is 14.8. The zero-order chi connectivity index (χ0) is 32.5. The van der Waals surface area contributed by atoms with E-state index in [1.165, 1.54) is 19.0 Å². The monoisotopic (exact) mass is 621 g/mol. The second-order valence-corrected chi connectivity index (χ2v) is 13.0. The van der Waals surface area contributed by atoms with Crippen molar-refractivity contribution in [2.24, 2.45) is 35.3 Å². The number of amides is 1. The van der Waals surface area contributed by atoms with Gasteiger partial charge < -0.3 is 15.9 Å². The predicted molar refractivity (Wildman–Crippen MR) is 149 cm³/mol. The third kappa shape index (κ3) is 4.96. The van der Waals surface area contributed by atoms with E-state index in [-0.39, 0.29) is 18.5 Å². The minimum atomic E-state index is -4.90. The molecule has 5 rings (SSSR count). The topological polar surface area (TPSA) is 158 Å². The number of phenols is 1. The van der Waals surface area contributed by atoms with Crippen LogP contribution in [0.25, 0.3) is 0 Å². The summed E-state index contributed by atoms with van der Waals surface area (Å²) in [5, 5.41) is 22.6. The number of carbonyl (C=O) groups excluding carboxylic acids is 5. The van der Waals surface area contributed by atoms with Crippen molar-refractivity contribution in [3.05, 3.63) is 28.3 Å². The molecule has 4 aliphatic rings. The lowest BCUT2D eigenvalue weighted by molar-refractivity contribution is -0.181. The van der Waals surface area contributed by atoms with E-state index in [0.717, 1.165) is 31.7 Å². The first-order chi connectivity index (χ1) is 20.5. The molecule has 6 atom stereocenters. The van der Waals surface area contributed by atoms with E-state index < -0.39 is 99.4 Å². The zero-order valence-electron chi connectivity index (χ0n) is 24.9. The summed E-state index contributed by atoms with van der Waals surface area (Å²) in [5.41, 5.74) is 0.0516. The number of aromatic hydroxyl groups is 1. The maximum atomic E-state index is 14.8. The van der Waals surface area contributed by atoms with Crippen LogP contribution in [0.5, 0.6) is 5.75 Å². The fourth-order valence-electron chi connectivity index (χ4n) is 8.33. The molecule has 0 saturated heterocycles. The third-order valence-corrected chi connectivity index (χ3v) is 10.3. The fraction of sp³-hybridized carbons (Fsp3) is 0.645. The van der Waals surface area contributed by atoms with Crippen LogP contribution >= 0.6 is 0 Å². The Balaban J connectivity index is 1.60. The highest BCUT2D eigenvalue weighted by Crippen LogP contribution is 2.52. The number of primary amides is 1. The largest absolute Gasteiger partial charge is 0.507 e. The van der Waals surface area contributed by atoms with Gasteiger partial charge >= 0.3 is 6.18 Å². The molecule has 4 aliphatic carbocycles. The molecule has 44 heavy (non-hydrogen) atoms. The lowest BCUT2D eigenvalue weighted by Crippen LogP contribution is -2.74. The molecule has 240 valence electrons. The number of ketones is 4. The van der Waals surface area contributed by atoms with Crippen molar-refractivity contribution in [3.63, 3.8) is 0 Å². The molecule has 10 nitrogen and oxygen atoms in total. The minimum absolute atomic E-state index is 0.105. The molecule has 0 heterocycles. The Morgan fingerprint density at radius 3 is 2.30 bits per heavy atom. The fourth-order valence-corrected chi connectivity index (χ4v) is 8.33. The average Bonchev–Trinajstić information content (AvgIpc) is 3.42. The summed E-state index contributed by atoms with van der Waals surface area (Å²) in [6.07, 6.45) is -1.53. The van der Waals surface area contributed by atoms with Crippen LogP contribution in [-0.2, 0) is 38.3 Å². The molecule has 13 heteroatoms. The molecule has 1 amide bonds. The molecule has 4 N–H and O–H groups in total. The lowest BCUT2D eigenvalue weighted by Gasteiger charge is -2.52. The van der Waals surface area contributed by atoms with Crippen molar-refractivity contribution in [1.29, 1.82) is 0 Å². The molecule has 1 aromatic carbocycles. The number of phenolic OH excluding ortho intramolecular Hbond substituents is 1. The number of likely N-dealkylation sites (N-methyl/N-ethyl adjacent to an activating group) is 1. The van der Waals surface area contributed by atoms with Gasteiger partial charge in [0.2, 0.25) is 5.91 Å². The number of alkyl halides is 3. The van der Waals surface area contributed by atoms with E-state index in [0.29, 0.717) is 19.0 Å². The number of aliphatic hydroxyl groups is 1. The van der Waals surface area contributed by atoms with Crippen LogP contribution in [0.4, 0.5) is 13.2 Å². The lowest BCUT2D eigenvalue weighted by atomic mass is 9.52. The first kappa shape index (κ1) is 32.2. The minimum Gasteiger partial charge on any atom is -0.507 e. The maximum Gasteiger partial charge on any atom is 0.417 e. The number of hydrogen-bond donors (Lipinski definition) is 3. The van der Waals surface area contributed by atoms with Gasteiger partial charge in [-0.25, -0.2) is 0 Å². The van der Waals surface area contributed by atoms with Gasteiger partial charge in [-0.05, 0) is 75.4 Å². The Bertz CT molecular complexity index is 1420. The number of nitrogens with two attached hydrogens (primary N) is 1. The molecule has 1 aromatic rings. The van der Waals surface area contributed by atoms with Gasteiger partial charge in [-0.2, -0.15) is 13.2 Å². The molecule has 0 bridgehead atoms. The van der Waals surface area contributed by atoms with Crippen molar-refractivity contribution < 1.29 is 47.4 Å². The quantitative estimate of drug-likeness (QED) is 0.387. The number of benzene rings is 1. The van der Waals surface area contributed by atoms with Gasteiger partial charge in [-0.3, -0.25) is 33.8 Å². The molecule has 0 spiro atoms. The number of Topliss-reactive ketones (excluding diaryl/α,β-unsaturated/α-hetero) is 4. The van der Waals surface area contributed by atoms with Crippen molar-refractivity contribution in [1.82, 2.24) is 9.80 Å². The van der Waals surface area contributed by atoms with Crippen molar-refractivity contribution in [2.75, 3.05) is 27.2 Å². The Morgan fingerprint density at radius 2 is 1.75 bits per heavy atom. The molecular weight excluding hydrogens is 583 g/mol. The van der Waals surface area contributed by atoms with E-state index in [4.69, 9.17) is 5.73 Å². The molecule has 0 aromatic heterocycles. The number of carbonyl (C=O) groups is 5. The highest BCUT2D eigenvalue weighted by molar-refractivity contribution is 6.32. The van der Waals surface area contributed by atoms with Crippen LogP contribution < -0.4 is 5.73 Å². The number of nitrogens with zero attached hydrogens (tertiary/aromatic N) is 2. The van der Waals surface area contributed by atoms with Crippen molar-refractivity contribution >= 4 is 29.0 Å². The summed E-state index contributed by atoms with van der Waals surface area (Å²) >= 11 is 0. The number of rotatable bonds is 7. The molecule has 0 aliphatic heterocycles. The summed E-state index contributed by atoms with van der Waals surface area (Å²) in [6, 6.07) is -0.412. The van der Waals surface area contributed by atoms with Crippen LogP contribution in [0.15, 0.2) is 6.07 Å². The first-order valence-electron chi connectivity index (χ1n) is 15.1. The van der Waals surface area contributed by atoms with Gasteiger partial charge in [-0.1, -0.05) is 19.8 Å². The van der Waals surface area contributed by atoms with Gasteiger partial charge in [0.1, 0.15) is 5.75 Å². The SMILES string of the molecule is CCN(Cc1cc(O)c2c(c1C(F)(F)F)C[C@H]1C[C@H]3[C@H](N(C)C)C(=O)C(C(N)=O)C(=O)[C@@]3(O)C(=O)C1C2=O)CC1CCCC1. The van der Waals surface area contributed by atoms with Gasteiger partial charge in [0.25, 0.3) is 0 Å². The van der Waals surface area contributed by atoms with E-state index in [1.807, 2.05) is 11.8 Å². The highest BCUT2D eigenvalue weighted by atomic mass is 19.4. The van der Waals surface area contributed by atoms with Crippen LogP contribution in [0, 0.1) is 29.6 Å². The van der Waals surface area contributed by atoms with E-state index in [1.54, 1.807) is 0 Å². The van der Waals surface area contributed by atoms with Crippen LogP contribution in [0.1, 0.15) is 66.1 Å². The summed E-state index contributed by atoms with van der Waals surface area (Å²) in [5.74, 6) is -12.9. The second kappa shape index (κ2) is 11.3. The Labute approximate surface area is 252 Å². The van der Waals surface area contributed by atoms with E-state index in [2.05, 4.69) is 0 Å². The smallest absolute Gasteiger partial charge is 0.417 e. The molecule has 3 fully saturated rings. The summed E-state index contributed by atoms with van der Waals surface area (Å²) in [6.45, 7) is 2.82. The highest BCUT2D eigenvalue weighted by Gasteiger charge is 2.69. The molecule has 2 unspecified atom stereocenters. The molecular formula is C31H38F3N3O7. The first-order valence-corrected chi connectivity index (χ1v) is 15.1. The summed E-state index contributed by atoms with van der Waals surface area (Å²) < 4.78 is 44.4. The summed E-state index contributed by atoms with van der Waals surface area (Å²) in [4.78, 5) is 69.7. The van der Waals surface area contributed by atoms with E-state index >= 15 is 0 Å². The Hall–Kier alpha value is -3.16. The normalized spacial score (nSPS) is 31.0. The Morgan fingerprint density at radius 1 is 1.11 bits per heavy atom. The van der Waals surface area contributed by atoms with Gasteiger partial charge in [0.05, 0.1) is 23.1 Å². The number of halogens is 3. The predicted octanol–water partition coefficient (Wildman–Crippen LogP) is 1.90. The van der Waals surface area contributed by atoms with Crippen LogP contribution in [-0.4, -0.2) is 87.9 Å². The van der Waals surface area contributed by atoms with E-state index in [9.17, 15) is 47.4 Å². The van der Waals surface area contributed by atoms with Crippen molar-refractivity contribution in [2.45, 2.75) is 69.8 Å². The number of fused-ring (bicyclic) bond motifs is 3. The molecule has 0 radical (unpaired) electrons. The van der Waals surface area contributed by atoms with Crippen LogP contribution in [0.2, 0.25) is 0 Å².